The number of hydrogen-bond donors (Lipinski definition) is 3. The monoisotopic (exact) mass is 430 g/mol. The Balaban J connectivity index is 1.34. The minimum atomic E-state index is -0.688. The lowest BCUT2D eigenvalue weighted by Crippen LogP contribution is -2.52. The van der Waals surface area contributed by atoms with Gasteiger partial charge in [0.15, 0.2) is 0 Å². The van der Waals surface area contributed by atoms with Crippen LogP contribution in [0.25, 0.3) is 10.9 Å². The highest BCUT2D eigenvalue weighted by atomic mass is 16.3. The number of phenolic OH excluding ortho intramolecular Hbond substituents is 1. The highest BCUT2D eigenvalue weighted by Crippen LogP contribution is 2.29. The summed E-state index contributed by atoms with van der Waals surface area (Å²) >= 11 is 0. The van der Waals surface area contributed by atoms with Crippen molar-refractivity contribution in [1.82, 2.24) is 15.2 Å². The van der Waals surface area contributed by atoms with Gasteiger partial charge in [-0.1, -0.05) is 12.1 Å². The molecule has 5 rings (SSSR count). The van der Waals surface area contributed by atoms with Crippen LogP contribution in [0.3, 0.4) is 0 Å². The van der Waals surface area contributed by atoms with E-state index in [1.807, 2.05) is 0 Å². The molecule has 0 saturated carbocycles. The van der Waals surface area contributed by atoms with Crippen molar-refractivity contribution in [2.45, 2.75) is 25.4 Å². The van der Waals surface area contributed by atoms with Gasteiger partial charge >= 0.3 is 0 Å². The highest BCUT2D eigenvalue weighted by molar-refractivity contribution is 6.07. The van der Waals surface area contributed by atoms with Crippen molar-refractivity contribution in [3.8, 4) is 5.75 Å². The van der Waals surface area contributed by atoms with E-state index < -0.39 is 17.9 Å². The fourth-order valence-electron chi connectivity index (χ4n) is 4.07. The number of hydrogen-bond acceptors (Lipinski definition) is 6. The molecule has 2 aliphatic heterocycles. The largest absolute Gasteiger partial charge is 0.508 e. The number of aromatic nitrogens is 1. The number of carbonyl (C=O) groups excluding carboxylic acids is 4. The summed E-state index contributed by atoms with van der Waals surface area (Å²) in [6.45, 7) is 0.272. The number of fused-ring (bicyclic) bond motifs is 2. The zero-order valence-corrected chi connectivity index (χ0v) is 16.8. The first-order valence-electron chi connectivity index (χ1n) is 10.1. The maximum atomic E-state index is 12.9. The number of anilines is 1. The van der Waals surface area contributed by atoms with E-state index in [0.29, 0.717) is 28.6 Å². The third-order valence-corrected chi connectivity index (χ3v) is 5.69. The molecule has 0 bridgehead atoms. The second-order valence-electron chi connectivity index (χ2n) is 7.80. The molecule has 3 aromatic rings. The summed E-state index contributed by atoms with van der Waals surface area (Å²) in [6, 6.07) is 12.3. The zero-order chi connectivity index (χ0) is 22.4. The van der Waals surface area contributed by atoms with Gasteiger partial charge in [0.25, 0.3) is 11.8 Å². The third kappa shape index (κ3) is 3.43. The molecule has 4 amide bonds. The molecule has 9 heteroatoms. The van der Waals surface area contributed by atoms with Gasteiger partial charge in [-0.25, -0.2) is 4.98 Å². The van der Waals surface area contributed by atoms with Crippen molar-refractivity contribution < 1.29 is 24.3 Å². The maximum Gasteiger partial charge on any atom is 0.274 e. The van der Waals surface area contributed by atoms with Gasteiger partial charge in [-0.3, -0.25) is 24.5 Å². The van der Waals surface area contributed by atoms with Gasteiger partial charge in [-0.2, -0.15) is 0 Å². The molecule has 160 valence electrons. The van der Waals surface area contributed by atoms with Crippen LogP contribution in [0.5, 0.6) is 5.75 Å². The van der Waals surface area contributed by atoms with Gasteiger partial charge in [-0.15, -0.1) is 0 Å². The Morgan fingerprint density at radius 2 is 1.94 bits per heavy atom. The number of nitrogens with one attached hydrogen (secondary N) is 2. The van der Waals surface area contributed by atoms with E-state index in [-0.39, 0.29) is 36.2 Å². The predicted octanol–water partition coefficient (Wildman–Crippen LogP) is 1.95. The van der Waals surface area contributed by atoms with E-state index in [4.69, 9.17) is 0 Å². The number of phenols is 1. The van der Waals surface area contributed by atoms with Crippen LogP contribution >= 0.6 is 0 Å². The van der Waals surface area contributed by atoms with Crippen LogP contribution in [0.1, 0.15) is 39.3 Å². The number of pyridine rings is 1. The topological polar surface area (TPSA) is 129 Å². The minimum absolute atomic E-state index is 0.116. The summed E-state index contributed by atoms with van der Waals surface area (Å²) < 4.78 is 0. The van der Waals surface area contributed by atoms with Gasteiger partial charge in [0.05, 0.1) is 5.52 Å². The van der Waals surface area contributed by atoms with Crippen molar-refractivity contribution in [2.75, 3.05) is 5.32 Å². The van der Waals surface area contributed by atoms with Crippen molar-refractivity contribution in [3.63, 3.8) is 0 Å². The Bertz CT molecular complexity index is 1320. The molecule has 0 spiro atoms. The van der Waals surface area contributed by atoms with Crippen LogP contribution in [-0.2, 0) is 16.1 Å². The molecule has 0 aliphatic carbocycles. The van der Waals surface area contributed by atoms with Crippen LogP contribution in [-0.4, -0.2) is 44.7 Å². The lowest BCUT2D eigenvalue weighted by molar-refractivity contribution is -0.136. The molecule has 3 heterocycles. The molecule has 2 aliphatic rings. The molecule has 3 N–H and O–H groups in total. The summed E-state index contributed by atoms with van der Waals surface area (Å²) in [5.74, 6) is -1.43. The van der Waals surface area contributed by atoms with Crippen molar-refractivity contribution in [3.05, 3.63) is 65.4 Å². The normalized spacial score (nSPS) is 17.9. The number of aromatic hydroxyl groups is 1. The quantitative estimate of drug-likeness (QED) is 0.545. The standard InChI is InChI=1S/C23H18N4O5/c28-15-4-6-17-12(9-15)2-5-18(25-17)21(30)24-14-3-1-13-11-27(23(32)16(13)10-14)19-7-8-20(29)26-22(19)31/h1-6,9-10,19,28H,7-8,11H2,(H,24,30)(H,26,29,31). The van der Waals surface area contributed by atoms with Gasteiger partial charge in [0.2, 0.25) is 11.8 Å². The van der Waals surface area contributed by atoms with Gasteiger partial charge in [0, 0.05) is 29.6 Å². The van der Waals surface area contributed by atoms with E-state index in [1.165, 1.54) is 11.0 Å². The maximum absolute atomic E-state index is 12.9. The van der Waals surface area contributed by atoms with Crippen molar-refractivity contribution in [2.24, 2.45) is 0 Å². The van der Waals surface area contributed by atoms with E-state index in [2.05, 4.69) is 15.6 Å². The Labute approximate surface area is 182 Å². The third-order valence-electron chi connectivity index (χ3n) is 5.69. The first kappa shape index (κ1) is 19.7. The smallest absolute Gasteiger partial charge is 0.274 e. The summed E-state index contributed by atoms with van der Waals surface area (Å²) in [4.78, 5) is 54.9. The van der Waals surface area contributed by atoms with Gasteiger partial charge in [-0.05, 0) is 48.4 Å². The molecular weight excluding hydrogens is 412 g/mol. The number of benzene rings is 2. The summed E-state index contributed by atoms with van der Waals surface area (Å²) in [5.41, 5.74) is 2.36. The molecule has 32 heavy (non-hydrogen) atoms. The molecule has 1 saturated heterocycles. The molecular formula is C23H18N4O5. The number of amides is 4. The first-order chi connectivity index (χ1) is 15.4. The van der Waals surface area contributed by atoms with Gasteiger partial charge in [0.1, 0.15) is 17.5 Å². The number of nitrogens with zero attached hydrogens (tertiary/aromatic N) is 2. The fourth-order valence-corrected chi connectivity index (χ4v) is 4.07. The zero-order valence-electron chi connectivity index (χ0n) is 16.8. The summed E-state index contributed by atoms with van der Waals surface area (Å²) in [6.07, 6.45) is 0.482. The number of rotatable bonds is 3. The Kier molecular flexibility index (Phi) is 4.58. The van der Waals surface area contributed by atoms with Crippen LogP contribution < -0.4 is 10.6 Å². The fraction of sp³-hybridized carbons (Fsp3) is 0.174. The van der Waals surface area contributed by atoms with E-state index in [0.717, 1.165) is 5.56 Å². The van der Waals surface area contributed by atoms with Crippen LogP contribution in [0.2, 0.25) is 0 Å². The lowest BCUT2D eigenvalue weighted by atomic mass is 10.0. The van der Waals surface area contributed by atoms with Crippen LogP contribution in [0.4, 0.5) is 5.69 Å². The Morgan fingerprint density at radius 1 is 1.09 bits per heavy atom. The highest BCUT2D eigenvalue weighted by Gasteiger charge is 2.39. The Morgan fingerprint density at radius 3 is 2.75 bits per heavy atom. The summed E-state index contributed by atoms with van der Waals surface area (Å²) in [7, 11) is 0. The second kappa shape index (κ2) is 7.45. The molecule has 1 aromatic heterocycles. The minimum Gasteiger partial charge on any atom is -0.508 e. The van der Waals surface area contributed by atoms with E-state index in [1.54, 1.807) is 42.5 Å². The molecule has 9 nitrogen and oxygen atoms in total. The molecule has 1 atom stereocenters. The van der Waals surface area contributed by atoms with Crippen molar-refractivity contribution in [1.29, 1.82) is 0 Å². The van der Waals surface area contributed by atoms with Gasteiger partial charge < -0.3 is 15.3 Å². The molecule has 1 fully saturated rings. The number of piperidine rings is 1. The molecule has 0 radical (unpaired) electrons. The van der Waals surface area contributed by atoms with Crippen LogP contribution in [0.15, 0.2) is 48.5 Å². The van der Waals surface area contributed by atoms with Crippen LogP contribution in [0, 0.1) is 0 Å². The molecule has 2 aromatic carbocycles. The second-order valence-corrected chi connectivity index (χ2v) is 7.80. The average molecular weight is 430 g/mol. The first-order valence-corrected chi connectivity index (χ1v) is 10.1. The number of carbonyl (C=O) groups is 4. The van der Waals surface area contributed by atoms with E-state index in [9.17, 15) is 24.3 Å². The lowest BCUT2D eigenvalue weighted by Gasteiger charge is -2.29. The molecule has 1 unspecified atom stereocenters. The van der Waals surface area contributed by atoms with Crippen molar-refractivity contribution >= 4 is 40.2 Å². The Hall–Kier alpha value is -4.27. The average Bonchev–Trinajstić information content (AvgIpc) is 3.09. The van der Waals surface area contributed by atoms with E-state index >= 15 is 0 Å². The summed E-state index contributed by atoms with van der Waals surface area (Å²) in [5, 5.41) is 15.3. The number of imide groups is 1. The predicted molar refractivity (Wildman–Crippen MR) is 114 cm³/mol. The SMILES string of the molecule is O=C1CCC(N2Cc3ccc(NC(=O)c4ccc5cc(O)ccc5n4)cc3C2=O)C(=O)N1.